The van der Waals surface area contributed by atoms with Crippen LogP contribution in [0, 0.1) is 17.5 Å². The highest BCUT2D eigenvalue weighted by molar-refractivity contribution is 5.55. The maximum atomic E-state index is 13.4. The van der Waals surface area contributed by atoms with Crippen LogP contribution in [0.1, 0.15) is 18.2 Å². The average Bonchev–Trinajstić information content (AvgIpc) is 2.62. The van der Waals surface area contributed by atoms with E-state index in [0.29, 0.717) is 23.4 Å². The SMILES string of the molecule is CCc1cc(OCc2ccc(F)c(F)c2)nc(-c2cccc(F)c2)n1. The third-order valence-corrected chi connectivity index (χ3v) is 3.57. The molecule has 0 aliphatic heterocycles. The van der Waals surface area contributed by atoms with Gasteiger partial charge in [-0.3, -0.25) is 0 Å². The Morgan fingerprint density at radius 2 is 1.76 bits per heavy atom. The Morgan fingerprint density at radius 3 is 2.48 bits per heavy atom. The summed E-state index contributed by atoms with van der Waals surface area (Å²) < 4.78 is 45.2. The third kappa shape index (κ3) is 4.15. The fraction of sp³-hybridized carbons (Fsp3) is 0.158. The van der Waals surface area contributed by atoms with Gasteiger partial charge in [0.2, 0.25) is 5.88 Å². The Bertz CT molecular complexity index is 900. The van der Waals surface area contributed by atoms with Crippen molar-refractivity contribution >= 4 is 0 Å². The fourth-order valence-electron chi connectivity index (χ4n) is 2.27. The number of halogens is 3. The molecule has 2 aromatic carbocycles. The largest absolute Gasteiger partial charge is 0.473 e. The summed E-state index contributed by atoms with van der Waals surface area (Å²) in [5.74, 6) is -1.59. The van der Waals surface area contributed by atoms with Crippen LogP contribution in [0.15, 0.2) is 48.5 Å². The van der Waals surface area contributed by atoms with Crippen LogP contribution in [0.3, 0.4) is 0 Å². The van der Waals surface area contributed by atoms with Crippen molar-refractivity contribution in [3.8, 4) is 17.3 Å². The van der Waals surface area contributed by atoms with E-state index in [0.717, 1.165) is 17.8 Å². The number of hydrogen-bond donors (Lipinski definition) is 0. The van der Waals surface area contributed by atoms with Gasteiger partial charge >= 0.3 is 0 Å². The second-order valence-corrected chi connectivity index (χ2v) is 5.42. The van der Waals surface area contributed by atoms with Gasteiger partial charge in [0.25, 0.3) is 0 Å². The number of nitrogens with zero attached hydrogens (tertiary/aromatic N) is 2. The first-order valence-electron chi connectivity index (χ1n) is 7.76. The van der Waals surface area contributed by atoms with Crippen molar-refractivity contribution in [1.82, 2.24) is 9.97 Å². The van der Waals surface area contributed by atoms with Crippen molar-refractivity contribution in [2.24, 2.45) is 0 Å². The summed E-state index contributed by atoms with van der Waals surface area (Å²) >= 11 is 0. The summed E-state index contributed by atoms with van der Waals surface area (Å²) in [5, 5.41) is 0. The number of benzene rings is 2. The minimum Gasteiger partial charge on any atom is -0.473 e. The Morgan fingerprint density at radius 1 is 0.920 bits per heavy atom. The van der Waals surface area contributed by atoms with E-state index in [2.05, 4.69) is 9.97 Å². The number of ether oxygens (including phenoxy) is 1. The third-order valence-electron chi connectivity index (χ3n) is 3.57. The number of aryl methyl sites for hydroxylation is 1. The summed E-state index contributed by atoms with van der Waals surface area (Å²) in [6, 6.07) is 11.2. The molecule has 3 nitrogen and oxygen atoms in total. The predicted molar refractivity (Wildman–Crippen MR) is 87.5 cm³/mol. The zero-order valence-electron chi connectivity index (χ0n) is 13.5. The summed E-state index contributed by atoms with van der Waals surface area (Å²) in [6.45, 7) is 1.96. The lowest BCUT2D eigenvalue weighted by Crippen LogP contribution is -2.02. The molecule has 0 saturated heterocycles. The van der Waals surface area contributed by atoms with Gasteiger partial charge in [0.1, 0.15) is 12.4 Å². The Kier molecular flexibility index (Phi) is 4.97. The van der Waals surface area contributed by atoms with Crippen LogP contribution in [0.2, 0.25) is 0 Å². The van der Waals surface area contributed by atoms with Gasteiger partial charge in [-0.2, -0.15) is 4.98 Å². The standard InChI is InChI=1S/C19H15F3N2O/c1-2-15-10-18(25-11-12-6-7-16(21)17(22)8-12)24-19(23-15)13-4-3-5-14(20)9-13/h3-10H,2,11H2,1H3. The second kappa shape index (κ2) is 7.34. The van der Waals surface area contributed by atoms with Crippen LogP contribution in [-0.4, -0.2) is 9.97 Å². The van der Waals surface area contributed by atoms with Gasteiger partial charge < -0.3 is 4.74 Å². The zero-order valence-corrected chi connectivity index (χ0v) is 13.5. The smallest absolute Gasteiger partial charge is 0.217 e. The number of hydrogen-bond acceptors (Lipinski definition) is 3. The molecule has 3 rings (SSSR count). The van der Waals surface area contributed by atoms with Crippen molar-refractivity contribution < 1.29 is 17.9 Å². The zero-order chi connectivity index (χ0) is 17.8. The molecule has 0 fully saturated rings. The van der Waals surface area contributed by atoms with Gasteiger partial charge in [-0.15, -0.1) is 0 Å². The van der Waals surface area contributed by atoms with Gasteiger partial charge in [0.15, 0.2) is 17.5 Å². The molecule has 1 aromatic heterocycles. The molecule has 0 atom stereocenters. The van der Waals surface area contributed by atoms with Crippen LogP contribution in [0.4, 0.5) is 13.2 Å². The van der Waals surface area contributed by atoms with E-state index < -0.39 is 11.6 Å². The second-order valence-electron chi connectivity index (χ2n) is 5.42. The summed E-state index contributed by atoms with van der Waals surface area (Å²) in [6.07, 6.45) is 0.645. The van der Waals surface area contributed by atoms with E-state index in [1.165, 1.54) is 18.2 Å². The highest BCUT2D eigenvalue weighted by atomic mass is 19.2. The van der Waals surface area contributed by atoms with Gasteiger partial charge in [0, 0.05) is 17.3 Å². The highest BCUT2D eigenvalue weighted by Crippen LogP contribution is 2.21. The molecule has 0 radical (unpaired) electrons. The molecule has 0 N–H and O–H groups in total. The summed E-state index contributed by atoms with van der Waals surface area (Å²) in [4.78, 5) is 8.66. The topological polar surface area (TPSA) is 35.0 Å². The summed E-state index contributed by atoms with van der Waals surface area (Å²) in [5.41, 5.74) is 1.74. The average molecular weight is 344 g/mol. The van der Waals surface area contributed by atoms with Crippen molar-refractivity contribution in [2.75, 3.05) is 0 Å². The van der Waals surface area contributed by atoms with E-state index in [1.807, 2.05) is 6.92 Å². The monoisotopic (exact) mass is 344 g/mol. The van der Waals surface area contributed by atoms with Gasteiger partial charge in [-0.25, -0.2) is 18.2 Å². The molecule has 0 amide bonds. The van der Waals surface area contributed by atoms with Crippen LogP contribution < -0.4 is 4.74 Å². The Hall–Kier alpha value is -2.89. The van der Waals surface area contributed by atoms with Crippen LogP contribution >= 0.6 is 0 Å². The molecular weight excluding hydrogens is 329 g/mol. The normalized spacial score (nSPS) is 10.7. The first-order valence-corrected chi connectivity index (χ1v) is 7.76. The van der Waals surface area contributed by atoms with Gasteiger partial charge in [-0.1, -0.05) is 25.1 Å². The van der Waals surface area contributed by atoms with E-state index in [4.69, 9.17) is 4.74 Å². The Labute approximate surface area is 143 Å². The van der Waals surface area contributed by atoms with Crippen molar-refractivity contribution in [1.29, 1.82) is 0 Å². The molecule has 0 aliphatic carbocycles. The maximum absolute atomic E-state index is 13.4. The molecule has 0 spiro atoms. The first-order chi connectivity index (χ1) is 12.0. The molecule has 0 saturated carbocycles. The van der Waals surface area contributed by atoms with Gasteiger partial charge in [0.05, 0.1) is 0 Å². The lowest BCUT2D eigenvalue weighted by atomic mass is 10.2. The molecular formula is C19H15F3N2O. The van der Waals surface area contributed by atoms with Crippen molar-refractivity contribution in [3.63, 3.8) is 0 Å². The predicted octanol–water partition coefficient (Wildman–Crippen LogP) is 4.70. The van der Waals surface area contributed by atoms with Crippen molar-refractivity contribution in [3.05, 3.63) is 77.2 Å². The molecule has 0 bridgehead atoms. The molecule has 0 aliphatic rings. The summed E-state index contributed by atoms with van der Waals surface area (Å²) in [7, 11) is 0. The quantitative estimate of drug-likeness (QED) is 0.673. The molecule has 6 heteroatoms. The van der Waals surface area contributed by atoms with Crippen LogP contribution in [0.5, 0.6) is 5.88 Å². The Balaban J connectivity index is 1.85. The van der Waals surface area contributed by atoms with E-state index >= 15 is 0 Å². The fourth-order valence-corrected chi connectivity index (χ4v) is 2.27. The molecule has 0 unspecified atom stereocenters. The molecule has 128 valence electrons. The number of rotatable bonds is 5. The minimum absolute atomic E-state index is 0.0277. The van der Waals surface area contributed by atoms with Gasteiger partial charge in [-0.05, 0) is 36.2 Å². The molecule has 3 aromatic rings. The van der Waals surface area contributed by atoms with Crippen molar-refractivity contribution in [2.45, 2.75) is 20.0 Å². The van der Waals surface area contributed by atoms with Crippen LogP contribution in [-0.2, 0) is 13.0 Å². The highest BCUT2D eigenvalue weighted by Gasteiger charge is 2.09. The lowest BCUT2D eigenvalue weighted by molar-refractivity contribution is 0.292. The lowest BCUT2D eigenvalue weighted by Gasteiger charge is -2.09. The van der Waals surface area contributed by atoms with Crippen LogP contribution in [0.25, 0.3) is 11.4 Å². The number of aromatic nitrogens is 2. The minimum atomic E-state index is -0.932. The molecule has 1 heterocycles. The van der Waals surface area contributed by atoms with E-state index in [-0.39, 0.29) is 18.3 Å². The van der Waals surface area contributed by atoms with E-state index in [1.54, 1.807) is 18.2 Å². The first kappa shape index (κ1) is 17.0. The maximum Gasteiger partial charge on any atom is 0.217 e. The van der Waals surface area contributed by atoms with E-state index in [9.17, 15) is 13.2 Å². The molecule has 25 heavy (non-hydrogen) atoms.